The number of sulfonamides is 1. The highest BCUT2D eigenvalue weighted by molar-refractivity contribution is 7.91. The van der Waals surface area contributed by atoms with E-state index in [1.165, 1.54) is 23.5 Å². The van der Waals surface area contributed by atoms with Gasteiger partial charge in [0.1, 0.15) is 9.86 Å². The molecule has 0 aliphatic carbocycles. The number of aromatic nitrogens is 2. The second-order valence-electron chi connectivity index (χ2n) is 6.69. The Hall–Kier alpha value is -1.78. The number of nitrogens with two attached hydrogens (primary N) is 1. The maximum absolute atomic E-state index is 12.3. The van der Waals surface area contributed by atoms with Gasteiger partial charge in [-0.15, -0.1) is 11.3 Å². The summed E-state index contributed by atoms with van der Waals surface area (Å²) in [6.07, 6.45) is 4.09. The quantitative estimate of drug-likeness (QED) is 0.501. The second-order valence-corrected chi connectivity index (χ2v) is 9.77. The van der Waals surface area contributed by atoms with Gasteiger partial charge in [-0.1, -0.05) is 0 Å². The number of thiophene rings is 1. The van der Waals surface area contributed by atoms with Crippen molar-refractivity contribution in [3.63, 3.8) is 0 Å². The fourth-order valence-corrected chi connectivity index (χ4v) is 5.91. The number of aromatic amines is 1. The first-order chi connectivity index (χ1) is 13.1. The Morgan fingerprint density at radius 3 is 3.00 bits per heavy atom. The molecule has 3 aromatic rings. The highest BCUT2D eigenvalue weighted by Gasteiger charge is 2.20. The van der Waals surface area contributed by atoms with Crippen LogP contribution in [0.2, 0.25) is 0 Å². The number of hydrogen-bond donors (Lipinski definition) is 4. The summed E-state index contributed by atoms with van der Waals surface area (Å²) in [5.41, 5.74) is 8.42. The zero-order valence-corrected chi connectivity index (χ0v) is 16.5. The predicted octanol–water partition coefficient (Wildman–Crippen LogP) is 2.00. The Balaban J connectivity index is 1.69. The number of piperidine rings is 1. The molecule has 4 heterocycles. The van der Waals surface area contributed by atoms with Crippen LogP contribution in [0.15, 0.2) is 34.7 Å². The molecule has 27 heavy (non-hydrogen) atoms. The molecule has 0 amide bonds. The fraction of sp³-hybridized carbons (Fsp3) is 0.389. The summed E-state index contributed by atoms with van der Waals surface area (Å²) in [6, 6.07) is 7.60. The molecule has 1 aliphatic heterocycles. The van der Waals surface area contributed by atoms with Crippen molar-refractivity contribution < 1.29 is 8.42 Å². The summed E-state index contributed by atoms with van der Waals surface area (Å²) in [7, 11) is -3.52. The molecule has 0 saturated carbocycles. The molecule has 4 rings (SSSR count). The van der Waals surface area contributed by atoms with Crippen LogP contribution < -0.4 is 15.8 Å². The van der Waals surface area contributed by atoms with Crippen LogP contribution in [0.1, 0.15) is 24.5 Å². The van der Waals surface area contributed by atoms with Crippen molar-refractivity contribution in [1.29, 1.82) is 0 Å². The third-order valence-electron chi connectivity index (χ3n) is 4.84. The van der Waals surface area contributed by atoms with E-state index >= 15 is 0 Å². The Kier molecular flexibility index (Phi) is 5.29. The van der Waals surface area contributed by atoms with Crippen molar-refractivity contribution in [2.24, 2.45) is 5.73 Å². The minimum atomic E-state index is -3.52. The number of H-pyrrole nitrogens is 1. The second kappa shape index (κ2) is 7.69. The number of hydrogen-bond acceptors (Lipinski definition) is 6. The van der Waals surface area contributed by atoms with Crippen LogP contribution in [0.4, 0.5) is 0 Å². The minimum absolute atomic E-state index is 0.228. The summed E-state index contributed by atoms with van der Waals surface area (Å²) < 4.78 is 27.5. The van der Waals surface area contributed by atoms with E-state index in [4.69, 9.17) is 5.73 Å². The van der Waals surface area contributed by atoms with E-state index in [0.29, 0.717) is 10.1 Å². The van der Waals surface area contributed by atoms with Crippen molar-refractivity contribution in [1.82, 2.24) is 20.0 Å². The van der Waals surface area contributed by atoms with Gasteiger partial charge >= 0.3 is 0 Å². The largest absolute Gasteiger partial charge is 0.343 e. The molecule has 0 spiro atoms. The zero-order valence-electron chi connectivity index (χ0n) is 14.9. The molecule has 7 nitrogen and oxygen atoms in total. The molecule has 1 saturated heterocycles. The maximum atomic E-state index is 12.3. The third-order valence-corrected chi connectivity index (χ3v) is 7.91. The highest BCUT2D eigenvalue weighted by Crippen LogP contribution is 2.36. The molecule has 0 bridgehead atoms. The average Bonchev–Trinajstić information content (AvgIpc) is 3.34. The molecule has 144 valence electrons. The van der Waals surface area contributed by atoms with Gasteiger partial charge in [0.2, 0.25) is 10.0 Å². The van der Waals surface area contributed by atoms with Crippen molar-refractivity contribution in [3.8, 4) is 10.4 Å². The van der Waals surface area contributed by atoms with E-state index in [2.05, 4.69) is 26.1 Å². The van der Waals surface area contributed by atoms with Crippen LogP contribution in [0.3, 0.4) is 0 Å². The van der Waals surface area contributed by atoms with Crippen LogP contribution in [0.25, 0.3) is 21.5 Å². The van der Waals surface area contributed by atoms with Crippen LogP contribution in [0.5, 0.6) is 0 Å². The van der Waals surface area contributed by atoms with E-state index in [1.807, 2.05) is 12.1 Å². The first-order valence-corrected chi connectivity index (χ1v) is 11.4. The van der Waals surface area contributed by atoms with E-state index < -0.39 is 10.0 Å². The molecule has 5 N–H and O–H groups in total. The molecule has 1 aliphatic rings. The number of pyridine rings is 1. The van der Waals surface area contributed by atoms with Crippen molar-refractivity contribution in [2.75, 3.05) is 26.2 Å². The Morgan fingerprint density at radius 2 is 2.22 bits per heavy atom. The first-order valence-electron chi connectivity index (χ1n) is 9.07. The van der Waals surface area contributed by atoms with E-state index in [-0.39, 0.29) is 13.1 Å². The summed E-state index contributed by atoms with van der Waals surface area (Å²) in [5, 5.41) is 4.47. The molecule has 1 fully saturated rings. The predicted molar refractivity (Wildman–Crippen MR) is 108 cm³/mol. The first kappa shape index (κ1) is 18.6. The smallest absolute Gasteiger partial charge is 0.250 e. The molecule has 9 heteroatoms. The number of fused-ring (bicyclic) bond motifs is 1. The zero-order chi connectivity index (χ0) is 18.9. The summed E-state index contributed by atoms with van der Waals surface area (Å²) in [4.78, 5) is 8.82. The molecular weight excluding hydrogens is 382 g/mol. The standard InChI is InChI=1S/C18H23N5O2S2/c19-6-9-22-27(24,25)17-4-3-16(26-17)13-5-8-21-18-14(13)10-15(23-18)12-2-1-7-20-11-12/h3-5,8,10,12,20,22H,1-2,6-7,9,11,19H2,(H,21,23). The van der Waals surface area contributed by atoms with Crippen LogP contribution in [0, 0.1) is 0 Å². The van der Waals surface area contributed by atoms with E-state index in [1.54, 1.807) is 12.3 Å². The van der Waals surface area contributed by atoms with Crippen molar-refractivity contribution in [3.05, 3.63) is 36.2 Å². The molecule has 0 radical (unpaired) electrons. The maximum Gasteiger partial charge on any atom is 0.250 e. The van der Waals surface area contributed by atoms with Crippen LogP contribution in [-0.2, 0) is 10.0 Å². The van der Waals surface area contributed by atoms with Gasteiger partial charge in [-0.05, 0) is 43.7 Å². The molecule has 1 atom stereocenters. The lowest BCUT2D eigenvalue weighted by Crippen LogP contribution is -2.28. The van der Waals surface area contributed by atoms with Crippen LogP contribution in [-0.4, -0.2) is 44.6 Å². The molecule has 3 aromatic heterocycles. The van der Waals surface area contributed by atoms with Gasteiger partial charge in [-0.2, -0.15) is 0 Å². The van der Waals surface area contributed by atoms with Gasteiger partial charge in [0, 0.05) is 53.3 Å². The normalized spacial score (nSPS) is 18.2. The van der Waals surface area contributed by atoms with E-state index in [9.17, 15) is 8.42 Å². The summed E-state index contributed by atoms with van der Waals surface area (Å²) >= 11 is 1.26. The van der Waals surface area contributed by atoms with Gasteiger partial charge in [0.25, 0.3) is 0 Å². The lowest BCUT2D eigenvalue weighted by Gasteiger charge is -2.21. The number of nitrogens with zero attached hydrogens (tertiary/aromatic N) is 1. The molecular formula is C18H23N5O2S2. The lowest BCUT2D eigenvalue weighted by molar-refractivity contribution is 0.456. The summed E-state index contributed by atoms with van der Waals surface area (Å²) in [5.74, 6) is 0.459. The monoisotopic (exact) mass is 405 g/mol. The number of rotatable bonds is 6. The van der Waals surface area contributed by atoms with Crippen molar-refractivity contribution >= 4 is 32.4 Å². The Morgan fingerprint density at radius 1 is 1.33 bits per heavy atom. The van der Waals surface area contributed by atoms with Gasteiger partial charge in [-0.3, -0.25) is 0 Å². The lowest BCUT2D eigenvalue weighted by atomic mass is 9.96. The van der Waals surface area contributed by atoms with Gasteiger partial charge in [0.15, 0.2) is 0 Å². The SMILES string of the molecule is NCCNS(=O)(=O)c1ccc(-c2ccnc3[nH]c(C4CCCNC4)cc23)s1. The highest BCUT2D eigenvalue weighted by atomic mass is 32.2. The van der Waals surface area contributed by atoms with Gasteiger partial charge in [-0.25, -0.2) is 18.1 Å². The topological polar surface area (TPSA) is 113 Å². The Labute approximate surface area is 162 Å². The van der Waals surface area contributed by atoms with E-state index in [0.717, 1.165) is 41.0 Å². The molecule has 1 unspecified atom stereocenters. The van der Waals surface area contributed by atoms with Crippen molar-refractivity contribution in [2.45, 2.75) is 23.0 Å². The Bertz CT molecular complexity index is 1040. The fourth-order valence-electron chi connectivity index (χ4n) is 3.47. The average molecular weight is 406 g/mol. The molecule has 0 aromatic carbocycles. The summed E-state index contributed by atoms with van der Waals surface area (Å²) in [6.45, 7) is 2.54. The third kappa shape index (κ3) is 3.78. The van der Waals surface area contributed by atoms with Gasteiger partial charge in [0.05, 0.1) is 0 Å². The van der Waals surface area contributed by atoms with Crippen LogP contribution >= 0.6 is 11.3 Å². The number of nitrogens with one attached hydrogen (secondary N) is 3. The van der Waals surface area contributed by atoms with Gasteiger partial charge < -0.3 is 16.0 Å². The minimum Gasteiger partial charge on any atom is -0.343 e.